The summed E-state index contributed by atoms with van der Waals surface area (Å²) < 4.78 is 0. The van der Waals surface area contributed by atoms with Gasteiger partial charge >= 0.3 is 0 Å². The molecule has 1 unspecified atom stereocenters. The zero-order valence-electron chi connectivity index (χ0n) is 16.7. The maximum atomic E-state index is 11.6. The van der Waals surface area contributed by atoms with Crippen LogP contribution in [0, 0.1) is 0 Å². The van der Waals surface area contributed by atoms with E-state index in [1.807, 2.05) is 6.07 Å². The molecule has 3 N–H and O–H groups in total. The topological polar surface area (TPSA) is 61.6 Å². The Morgan fingerprint density at radius 3 is 2.72 bits per heavy atom. The highest BCUT2D eigenvalue weighted by Crippen LogP contribution is 2.30. The van der Waals surface area contributed by atoms with E-state index in [-0.39, 0.29) is 12.1 Å². The van der Waals surface area contributed by atoms with E-state index >= 15 is 0 Å². The first kappa shape index (κ1) is 20.7. The van der Waals surface area contributed by atoms with Crippen molar-refractivity contribution in [3.63, 3.8) is 0 Å². The fraction of sp³-hybridized carbons (Fsp3) is 0.409. The van der Waals surface area contributed by atoms with Gasteiger partial charge < -0.3 is 16.0 Å². The second-order valence-corrected chi connectivity index (χ2v) is 8.90. The molecule has 2 aliphatic rings. The Kier molecular flexibility index (Phi) is 6.47. The average Bonchev–Trinajstić information content (AvgIpc) is 3.10. The predicted octanol–water partition coefficient (Wildman–Crippen LogP) is 3.37. The van der Waals surface area contributed by atoms with E-state index < -0.39 is 0 Å². The van der Waals surface area contributed by atoms with E-state index in [4.69, 9.17) is 17.3 Å². The summed E-state index contributed by atoms with van der Waals surface area (Å²) in [5.74, 6) is 0.0451. The summed E-state index contributed by atoms with van der Waals surface area (Å²) in [4.78, 5) is 17.7. The Morgan fingerprint density at radius 1 is 1.21 bits per heavy atom. The smallest absolute Gasteiger partial charge is 0.228 e. The lowest BCUT2D eigenvalue weighted by Crippen LogP contribution is -2.50. The van der Waals surface area contributed by atoms with Gasteiger partial charge in [0.25, 0.3) is 0 Å². The fourth-order valence-corrected chi connectivity index (χ4v) is 5.04. The molecule has 2 aliphatic heterocycles. The monoisotopic (exact) mass is 430 g/mol. The molecule has 2 aromatic carbocycles. The van der Waals surface area contributed by atoms with Gasteiger partial charge in [0.15, 0.2) is 0 Å². The number of piperazine rings is 1. The van der Waals surface area contributed by atoms with Crippen LogP contribution in [0.25, 0.3) is 0 Å². The highest BCUT2D eigenvalue weighted by molar-refractivity contribution is 7.98. The molecule has 0 spiro atoms. The number of amides is 1. The van der Waals surface area contributed by atoms with Crippen LogP contribution in [0.1, 0.15) is 22.9 Å². The maximum Gasteiger partial charge on any atom is 0.228 e. The Labute approximate surface area is 181 Å². The molecule has 0 radical (unpaired) electrons. The molecule has 0 saturated carbocycles. The second kappa shape index (κ2) is 9.06. The van der Waals surface area contributed by atoms with E-state index in [0.717, 1.165) is 61.0 Å². The summed E-state index contributed by atoms with van der Waals surface area (Å²) in [6.07, 6.45) is 3.38. The van der Waals surface area contributed by atoms with Crippen LogP contribution in [0.2, 0.25) is 5.02 Å². The van der Waals surface area contributed by atoms with Gasteiger partial charge in [0.05, 0.1) is 12.6 Å². The summed E-state index contributed by atoms with van der Waals surface area (Å²) in [7, 11) is 0. The number of halogens is 1. The third kappa shape index (κ3) is 4.62. The summed E-state index contributed by atoms with van der Waals surface area (Å²) in [5.41, 5.74) is 10.8. The third-order valence-electron chi connectivity index (χ3n) is 5.85. The van der Waals surface area contributed by atoms with Gasteiger partial charge in [-0.2, -0.15) is 0 Å². The molecule has 4 rings (SSSR count). The molecule has 2 heterocycles. The quantitative estimate of drug-likeness (QED) is 0.688. The van der Waals surface area contributed by atoms with Crippen molar-refractivity contribution in [2.75, 3.05) is 44.3 Å². The molecule has 1 saturated heterocycles. The number of thioether (sulfide) groups is 1. The minimum Gasteiger partial charge on any atom is -0.325 e. The van der Waals surface area contributed by atoms with Crippen LogP contribution < -0.4 is 11.1 Å². The van der Waals surface area contributed by atoms with Gasteiger partial charge in [-0.15, -0.1) is 11.8 Å². The van der Waals surface area contributed by atoms with Crippen molar-refractivity contribution in [2.24, 2.45) is 5.73 Å². The van der Waals surface area contributed by atoms with Crippen LogP contribution in [0.3, 0.4) is 0 Å². The molecule has 0 aromatic heterocycles. The van der Waals surface area contributed by atoms with Crippen molar-refractivity contribution in [1.82, 2.24) is 9.80 Å². The minimum absolute atomic E-state index is 0.0451. The molecule has 0 bridgehead atoms. The number of carbonyl (C=O) groups is 1. The normalized spacial score (nSPS) is 18.5. The molecule has 29 heavy (non-hydrogen) atoms. The number of nitrogens with one attached hydrogen (secondary N) is 1. The number of anilines is 1. The Balaban J connectivity index is 1.32. The molecule has 1 fully saturated rings. The summed E-state index contributed by atoms with van der Waals surface area (Å²) in [5, 5.41) is 3.59. The third-order valence-corrected chi connectivity index (χ3v) is 7.02. The van der Waals surface area contributed by atoms with Gasteiger partial charge in [-0.1, -0.05) is 35.9 Å². The number of hydrogen-bond acceptors (Lipinski definition) is 5. The van der Waals surface area contributed by atoms with Crippen molar-refractivity contribution in [3.8, 4) is 0 Å². The highest BCUT2D eigenvalue weighted by Gasteiger charge is 2.24. The van der Waals surface area contributed by atoms with Crippen LogP contribution in [-0.2, 0) is 17.6 Å². The molecule has 7 heteroatoms. The number of hydrogen-bond donors (Lipinski definition) is 2. The van der Waals surface area contributed by atoms with Gasteiger partial charge in [-0.25, -0.2) is 0 Å². The van der Waals surface area contributed by atoms with E-state index in [9.17, 15) is 4.79 Å². The SMILES string of the molecule is CSc1ccccc1C(N)N1CCN(CCc2cc3c(cc2Cl)NC(=O)C3)CC1. The molecule has 5 nitrogen and oxygen atoms in total. The minimum atomic E-state index is -0.0583. The Hall–Kier alpha value is -1.57. The van der Waals surface area contributed by atoms with Gasteiger partial charge in [0.1, 0.15) is 0 Å². The Bertz CT molecular complexity index is 898. The number of carbonyl (C=O) groups excluding carboxylic acids is 1. The van der Waals surface area contributed by atoms with Crippen LogP contribution in [-0.4, -0.2) is 54.7 Å². The molecular formula is C22H27ClN4OS. The number of rotatable bonds is 6. The molecule has 0 aliphatic carbocycles. The molecule has 2 aromatic rings. The van der Waals surface area contributed by atoms with Crippen molar-refractivity contribution < 1.29 is 4.79 Å². The van der Waals surface area contributed by atoms with E-state index in [0.29, 0.717) is 6.42 Å². The maximum absolute atomic E-state index is 11.6. The largest absolute Gasteiger partial charge is 0.325 e. The van der Waals surface area contributed by atoms with Gasteiger partial charge in [-0.05, 0) is 41.5 Å². The van der Waals surface area contributed by atoms with Crippen molar-refractivity contribution in [1.29, 1.82) is 0 Å². The van der Waals surface area contributed by atoms with E-state index in [2.05, 4.69) is 51.7 Å². The number of nitrogens with two attached hydrogens (primary N) is 1. The predicted molar refractivity (Wildman–Crippen MR) is 121 cm³/mol. The zero-order chi connectivity index (χ0) is 20.4. The van der Waals surface area contributed by atoms with E-state index in [1.165, 1.54) is 10.5 Å². The zero-order valence-corrected chi connectivity index (χ0v) is 18.2. The van der Waals surface area contributed by atoms with Gasteiger partial charge in [0.2, 0.25) is 5.91 Å². The van der Waals surface area contributed by atoms with Crippen LogP contribution in [0.15, 0.2) is 41.3 Å². The first-order valence-corrected chi connectivity index (χ1v) is 11.6. The fourth-order valence-electron chi connectivity index (χ4n) is 4.14. The number of nitrogens with zero attached hydrogens (tertiary/aromatic N) is 2. The first-order valence-electron chi connectivity index (χ1n) is 10.0. The Morgan fingerprint density at radius 2 is 1.97 bits per heavy atom. The summed E-state index contributed by atoms with van der Waals surface area (Å²) in [6, 6.07) is 12.4. The lowest BCUT2D eigenvalue weighted by Gasteiger charge is -2.38. The van der Waals surface area contributed by atoms with Crippen LogP contribution >= 0.6 is 23.4 Å². The molecule has 1 atom stereocenters. The molecule has 1 amide bonds. The van der Waals surface area contributed by atoms with Crippen LogP contribution in [0.4, 0.5) is 5.69 Å². The lowest BCUT2D eigenvalue weighted by atomic mass is 10.1. The number of benzene rings is 2. The lowest BCUT2D eigenvalue weighted by molar-refractivity contribution is -0.115. The average molecular weight is 431 g/mol. The second-order valence-electron chi connectivity index (χ2n) is 7.64. The van der Waals surface area contributed by atoms with Crippen molar-refractivity contribution >= 4 is 35.0 Å². The summed E-state index contributed by atoms with van der Waals surface area (Å²) in [6.45, 7) is 4.88. The van der Waals surface area contributed by atoms with Crippen molar-refractivity contribution in [3.05, 3.63) is 58.1 Å². The van der Waals surface area contributed by atoms with Crippen molar-refractivity contribution in [2.45, 2.75) is 23.9 Å². The van der Waals surface area contributed by atoms with Crippen LogP contribution in [0.5, 0.6) is 0 Å². The summed E-state index contributed by atoms with van der Waals surface area (Å²) >= 11 is 8.19. The van der Waals surface area contributed by atoms with Gasteiger partial charge in [-0.3, -0.25) is 9.69 Å². The first-order chi connectivity index (χ1) is 14.0. The molecular weight excluding hydrogens is 404 g/mol. The standard InChI is InChI=1S/C22H27ClN4OS/c1-29-20-5-3-2-4-17(20)22(24)27-10-8-26(9-11-27)7-6-15-12-16-13-21(28)25-19(16)14-18(15)23/h2-5,12,14,22H,6-11,13,24H2,1H3,(H,25,28). The molecule has 154 valence electrons. The van der Waals surface area contributed by atoms with E-state index in [1.54, 1.807) is 11.8 Å². The highest BCUT2D eigenvalue weighted by atomic mass is 35.5. The number of fused-ring (bicyclic) bond motifs is 1. The van der Waals surface area contributed by atoms with Gasteiger partial charge in [0, 0.05) is 48.3 Å².